The van der Waals surface area contributed by atoms with Crippen LogP contribution in [0.3, 0.4) is 0 Å². The first-order valence-corrected chi connectivity index (χ1v) is 9.64. The Bertz CT molecular complexity index is 606. The van der Waals surface area contributed by atoms with Crippen LogP contribution in [0.2, 0.25) is 0 Å². The van der Waals surface area contributed by atoms with E-state index in [-0.39, 0.29) is 11.8 Å². The maximum Gasteiger partial charge on any atom is 0.220 e. The van der Waals surface area contributed by atoms with Crippen molar-refractivity contribution in [2.45, 2.75) is 45.4 Å². The third-order valence-electron chi connectivity index (χ3n) is 4.98. The predicted molar refractivity (Wildman–Crippen MR) is 108 cm³/mol. The van der Waals surface area contributed by atoms with Crippen molar-refractivity contribution in [3.63, 3.8) is 0 Å². The molecule has 0 radical (unpaired) electrons. The van der Waals surface area contributed by atoms with Crippen molar-refractivity contribution >= 4 is 17.6 Å². The minimum absolute atomic E-state index is 0.0657. The van der Waals surface area contributed by atoms with Gasteiger partial charge in [0, 0.05) is 18.2 Å². The number of primary amides is 1. The molecular weight excluding hydrogens is 326 g/mol. The number of hydrogen-bond donors (Lipinski definition) is 3. The predicted octanol–water partition coefficient (Wildman–Crippen LogP) is 2.51. The lowest BCUT2D eigenvalue weighted by molar-refractivity contribution is -0.123. The van der Waals surface area contributed by atoms with Gasteiger partial charge in [-0.1, -0.05) is 26.0 Å². The van der Waals surface area contributed by atoms with Crippen LogP contribution >= 0.6 is 0 Å². The third kappa shape index (κ3) is 6.67. The summed E-state index contributed by atoms with van der Waals surface area (Å²) in [5, 5.41) is 3.17. The number of carbonyl (C=O) groups is 1. The quantitative estimate of drug-likeness (QED) is 0.377. The van der Waals surface area contributed by atoms with Crippen LogP contribution in [0.5, 0.6) is 0 Å². The lowest BCUT2D eigenvalue weighted by Crippen LogP contribution is -2.38. The third-order valence-corrected chi connectivity index (χ3v) is 4.98. The van der Waals surface area contributed by atoms with Crippen molar-refractivity contribution in [1.29, 1.82) is 0 Å². The van der Waals surface area contributed by atoms with Crippen LogP contribution in [0, 0.1) is 5.92 Å². The van der Waals surface area contributed by atoms with Crippen LogP contribution in [0.25, 0.3) is 0 Å². The number of carbonyl (C=O) groups excluding carboxylic acids is 1. The number of nitrogens with two attached hydrogens (primary N) is 2. The Kier molecular flexibility index (Phi) is 7.91. The van der Waals surface area contributed by atoms with E-state index in [1.165, 1.54) is 5.56 Å². The number of hydrogen-bond acceptors (Lipinski definition) is 3. The number of benzene rings is 1. The number of rotatable bonds is 8. The molecule has 1 aromatic rings. The molecule has 2 rings (SSSR count). The monoisotopic (exact) mass is 359 g/mol. The summed E-state index contributed by atoms with van der Waals surface area (Å²) in [5.41, 5.74) is 13.6. The molecule has 0 aromatic heterocycles. The van der Waals surface area contributed by atoms with Gasteiger partial charge in [-0.3, -0.25) is 9.79 Å². The van der Waals surface area contributed by atoms with Crippen LogP contribution in [-0.4, -0.2) is 42.9 Å². The maximum absolute atomic E-state index is 11.2. The highest BCUT2D eigenvalue weighted by Gasteiger charge is 2.22. The second-order valence-electron chi connectivity index (χ2n) is 7.40. The zero-order chi connectivity index (χ0) is 18.9. The number of amides is 1. The number of likely N-dealkylation sites (tertiary alicyclic amines) is 1. The van der Waals surface area contributed by atoms with E-state index in [1.807, 2.05) is 12.1 Å². The van der Waals surface area contributed by atoms with Crippen molar-refractivity contribution < 1.29 is 4.79 Å². The Morgan fingerprint density at radius 2 is 2.00 bits per heavy atom. The zero-order valence-electron chi connectivity index (χ0n) is 16.1. The second-order valence-corrected chi connectivity index (χ2v) is 7.40. The fourth-order valence-electron chi connectivity index (χ4n) is 3.25. The molecule has 1 heterocycles. The topological polar surface area (TPSA) is 96.7 Å². The summed E-state index contributed by atoms with van der Waals surface area (Å²) in [5.74, 6) is 0.868. The highest BCUT2D eigenvalue weighted by Crippen LogP contribution is 2.18. The van der Waals surface area contributed by atoms with Gasteiger partial charge in [0.1, 0.15) is 0 Å². The minimum atomic E-state index is -0.152. The SMILES string of the molecule is CC(C)c1cccc(NC(N)=NCCCCN2CCC(C(N)=O)CC2)c1. The normalized spacial score (nSPS) is 16.8. The summed E-state index contributed by atoms with van der Waals surface area (Å²) in [6, 6.07) is 8.27. The Morgan fingerprint density at radius 1 is 1.27 bits per heavy atom. The first-order chi connectivity index (χ1) is 12.5. The summed E-state index contributed by atoms with van der Waals surface area (Å²) >= 11 is 0. The molecule has 1 fully saturated rings. The fourth-order valence-corrected chi connectivity index (χ4v) is 3.25. The van der Waals surface area contributed by atoms with E-state index in [0.29, 0.717) is 11.9 Å². The Morgan fingerprint density at radius 3 is 2.65 bits per heavy atom. The van der Waals surface area contributed by atoms with E-state index in [1.54, 1.807) is 0 Å². The molecule has 6 nitrogen and oxygen atoms in total. The van der Waals surface area contributed by atoms with E-state index >= 15 is 0 Å². The molecule has 1 amide bonds. The van der Waals surface area contributed by atoms with Gasteiger partial charge in [-0.2, -0.15) is 0 Å². The van der Waals surface area contributed by atoms with Crippen LogP contribution < -0.4 is 16.8 Å². The van der Waals surface area contributed by atoms with Gasteiger partial charge >= 0.3 is 0 Å². The van der Waals surface area contributed by atoms with Crippen molar-refractivity contribution in [2.24, 2.45) is 22.4 Å². The number of guanidine groups is 1. The van der Waals surface area contributed by atoms with E-state index in [2.05, 4.69) is 41.2 Å². The number of nitrogens with one attached hydrogen (secondary N) is 1. The summed E-state index contributed by atoms with van der Waals surface area (Å²) < 4.78 is 0. The lowest BCUT2D eigenvalue weighted by Gasteiger charge is -2.30. The van der Waals surface area contributed by atoms with E-state index in [4.69, 9.17) is 11.5 Å². The van der Waals surface area contributed by atoms with E-state index in [9.17, 15) is 4.79 Å². The summed E-state index contributed by atoms with van der Waals surface area (Å²) in [6.07, 6.45) is 3.87. The average molecular weight is 360 g/mol. The number of aliphatic imine (C=N–C) groups is 1. The molecule has 5 N–H and O–H groups in total. The molecule has 0 aliphatic carbocycles. The molecule has 6 heteroatoms. The van der Waals surface area contributed by atoms with Crippen LogP contribution in [0.1, 0.15) is 51.0 Å². The van der Waals surface area contributed by atoms with Gasteiger partial charge in [0.05, 0.1) is 0 Å². The maximum atomic E-state index is 11.2. The second kappa shape index (κ2) is 10.2. The van der Waals surface area contributed by atoms with Crippen molar-refractivity contribution in [2.75, 3.05) is 31.5 Å². The molecule has 1 aliphatic rings. The van der Waals surface area contributed by atoms with Gasteiger partial charge in [0.2, 0.25) is 5.91 Å². The number of piperidine rings is 1. The first kappa shape index (κ1) is 20.2. The number of anilines is 1. The van der Waals surface area contributed by atoms with Crippen LogP contribution in [0.4, 0.5) is 5.69 Å². The standard InChI is InChI=1S/C20H33N5O/c1-15(2)17-6-5-7-18(14-17)24-20(22)23-10-3-4-11-25-12-8-16(9-13-25)19(21)26/h5-7,14-16H,3-4,8-13H2,1-2H3,(H2,21,26)(H3,22,23,24). The van der Waals surface area contributed by atoms with Crippen molar-refractivity contribution in [1.82, 2.24) is 4.90 Å². The molecule has 1 saturated heterocycles. The smallest absolute Gasteiger partial charge is 0.220 e. The lowest BCUT2D eigenvalue weighted by atomic mass is 9.96. The molecule has 26 heavy (non-hydrogen) atoms. The average Bonchev–Trinajstić information content (AvgIpc) is 2.62. The highest BCUT2D eigenvalue weighted by atomic mass is 16.1. The Labute approximate surface area is 157 Å². The van der Waals surface area contributed by atoms with Gasteiger partial charge in [0.25, 0.3) is 0 Å². The van der Waals surface area contributed by atoms with Crippen LogP contribution in [-0.2, 0) is 4.79 Å². The van der Waals surface area contributed by atoms with Crippen LogP contribution in [0.15, 0.2) is 29.3 Å². The molecule has 0 spiro atoms. The molecule has 1 aliphatic heterocycles. The van der Waals surface area contributed by atoms with Gasteiger partial charge in [-0.15, -0.1) is 0 Å². The highest BCUT2D eigenvalue weighted by molar-refractivity contribution is 5.92. The molecular formula is C20H33N5O. The first-order valence-electron chi connectivity index (χ1n) is 9.64. The zero-order valence-corrected chi connectivity index (χ0v) is 16.1. The summed E-state index contributed by atoms with van der Waals surface area (Å²) in [4.78, 5) is 18.0. The summed E-state index contributed by atoms with van der Waals surface area (Å²) in [7, 11) is 0. The Balaban J connectivity index is 1.64. The largest absolute Gasteiger partial charge is 0.370 e. The number of unbranched alkanes of at least 4 members (excludes halogenated alkanes) is 1. The van der Waals surface area contributed by atoms with Crippen molar-refractivity contribution in [3.8, 4) is 0 Å². The molecule has 0 bridgehead atoms. The molecule has 0 atom stereocenters. The fraction of sp³-hybridized carbons (Fsp3) is 0.600. The van der Waals surface area contributed by atoms with Gasteiger partial charge < -0.3 is 21.7 Å². The van der Waals surface area contributed by atoms with Gasteiger partial charge in [-0.25, -0.2) is 0 Å². The van der Waals surface area contributed by atoms with Crippen molar-refractivity contribution in [3.05, 3.63) is 29.8 Å². The Hall–Kier alpha value is -2.08. The number of nitrogens with zero attached hydrogens (tertiary/aromatic N) is 2. The molecule has 0 saturated carbocycles. The van der Waals surface area contributed by atoms with E-state index < -0.39 is 0 Å². The van der Waals surface area contributed by atoms with E-state index in [0.717, 1.165) is 57.5 Å². The molecule has 1 aromatic carbocycles. The summed E-state index contributed by atoms with van der Waals surface area (Å²) in [6.45, 7) is 8.05. The molecule has 0 unspecified atom stereocenters. The minimum Gasteiger partial charge on any atom is -0.370 e. The molecule has 144 valence electrons. The van der Waals surface area contributed by atoms with Gasteiger partial charge in [-0.05, 0) is 68.9 Å². The van der Waals surface area contributed by atoms with Gasteiger partial charge in [0.15, 0.2) is 5.96 Å².